The molecule has 104 valence electrons. The Labute approximate surface area is 113 Å². The molecule has 0 spiro atoms. The fourth-order valence-corrected chi connectivity index (χ4v) is 3.28. The summed E-state index contributed by atoms with van der Waals surface area (Å²) in [6.45, 7) is 3.73. The number of nitrogens with one attached hydrogen (secondary N) is 1. The van der Waals surface area contributed by atoms with Crippen molar-refractivity contribution in [2.45, 2.75) is 51.1 Å². The van der Waals surface area contributed by atoms with E-state index in [9.17, 15) is 4.79 Å². The van der Waals surface area contributed by atoms with Crippen molar-refractivity contribution in [1.82, 2.24) is 15.4 Å². The van der Waals surface area contributed by atoms with Gasteiger partial charge in [-0.15, -0.1) is 0 Å². The van der Waals surface area contributed by atoms with Gasteiger partial charge in [-0.25, -0.2) is 0 Å². The van der Waals surface area contributed by atoms with Crippen LogP contribution in [0.4, 0.5) is 0 Å². The van der Waals surface area contributed by atoms with Crippen LogP contribution < -0.4 is 5.32 Å². The molecular weight excluding hydrogens is 242 g/mol. The molecule has 3 rings (SSSR count). The summed E-state index contributed by atoms with van der Waals surface area (Å²) in [6, 6.07) is 2.51. The summed E-state index contributed by atoms with van der Waals surface area (Å²) in [5.41, 5.74) is 0.447. The number of piperidine rings is 1. The molecule has 2 aliphatic heterocycles. The molecule has 1 aromatic heterocycles. The lowest BCUT2D eigenvalue weighted by atomic mass is 9.94. The van der Waals surface area contributed by atoms with E-state index in [0.717, 1.165) is 25.9 Å². The molecule has 3 heterocycles. The number of rotatable bonds is 2. The Morgan fingerprint density at radius 1 is 1.42 bits per heavy atom. The van der Waals surface area contributed by atoms with Crippen molar-refractivity contribution in [3.63, 3.8) is 0 Å². The van der Waals surface area contributed by atoms with Crippen molar-refractivity contribution in [3.8, 4) is 0 Å². The van der Waals surface area contributed by atoms with Crippen LogP contribution in [0.2, 0.25) is 0 Å². The summed E-state index contributed by atoms with van der Waals surface area (Å²) in [5, 5.41) is 7.40. The molecule has 0 bridgehead atoms. The fourth-order valence-electron chi connectivity index (χ4n) is 3.28. The van der Waals surface area contributed by atoms with Crippen LogP contribution in [0, 0.1) is 6.92 Å². The molecule has 2 aliphatic rings. The van der Waals surface area contributed by atoms with E-state index in [1.807, 2.05) is 11.8 Å². The lowest BCUT2D eigenvalue weighted by molar-refractivity contribution is 0.0553. The fraction of sp³-hybridized carbons (Fsp3) is 0.714. The highest BCUT2D eigenvalue weighted by Gasteiger charge is 2.35. The number of amides is 1. The third kappa shape index (κ3) is 2.52. The van der Waals surface area contributed by atoms with E-state index in [-0.39, 0.29) is 5.91 Å². The van der Waals surface area contributed by atoms with E-state index in [4.69, 9.17) is 4.52 Å². The zero-order chi connectivity index (χ0) is 13.2. The Balaban J connectivity index is 1.77. The van der Waals surface area contributed by atoms with Gasteiger partial charge in [-0.3, -0.25) is 4.79 Å². The van der Waals surface area contributed by atoms with Crippen LogP contribution in [0.15, 0.2) is 10.6 Å². The summed E-state index contributed by atoms with van der Waals surface area (Å²) in [5.74, 6) is 0.714. The first-order chi connectivity index (χ1) is 9.25. The number of hydrogen-bond acceptors (Lipinski definition) is 4. The van der Waals surface area contributed by atoms with Gasteiger partial charge in [0.2, 0.25) is 0 Å². The molecule has 2 atom stereocenters. The third-order valence-electron chi connectivity index (χ3n) is 4.22. The quantitative estimate of drug-likeness (QED) is 0.883. The monoisotopic (exact) mass is 263 g/mol. The number of hydrogen-bond donors (Lipinski definition) is 1. The van der Waals surface area contributed by atoms with Gasteiger partial charge in [-0.2, -0.15) is 0 Å². The maximum atomic E-state index is 12.6. The highest BCUT2D eigenvalue weighted by Crippen LogP contribution is 2.25. The minimum atomic E-state index is 0.0234. The summed E-state index contributed by atoms with van der Waals surface area (Å²) >= 11 is 0. The second-order valence-corrected chi connectivity index (χ2v) is 5.59. The molecule has 19 heavy (non-hydrogen) atoms. The molecule has 1 amide bonds. The van der Waals surface area contributed by atoms with Crippen LogP contribution in [-0.2, 0) is 0 Å². The largest absolute Gasteiger partial charge is 0.361 e. The van der Waals surface area contributed by atoms with E-state index in [0.29, 0.717) is 23.5 Å². The molecule has 0 aromatic carbocycles. The van der Waals surface area contributed by atoms with Crippen molar-refractivity contribution in [3.05, 3.63) is 17.5 Å². The maximum absolute atomic E-state index is 12.6. The second kappa shape index (κ2) is 5.33. The Hall–Kier alpha value is -1.36. The molecule has 5 heteroatoms. The number of aryl methyl sites for hydroxylation is 1. The van der Waals surface area contributed by atoms with Crippen LogP contribution in [-0.4, -0.2) is 41.1 Å². The molecule has 0 aliphatic carbocycles. The van der Waals surface area contributed by atoms with Gasteiger partial charge in [0, 0.05) is 24.7 Å². The van der Waals surface area contributed by atoms with Crippen LogP contribution >= 0.6 is 0 Å². The zero-order valence-corrected chi connectivity index (χ0v) is 11.4. The number of carbonyl (C=O) groups is 1. The number of nitrogens with zero attached hydrogens (tertiary/aromatic N) is 2. The topological polar surface area (TPSA) is 58.4 Å². The zero-order valence-electron chi connectivity index (χ0n) is 11.4. The summed E-state index contributed by atoms with van der Waals surface area (Å²) in [6.07, 6.45) is 5.79. The van der Waals surface area contributed by atoms with Crippen molar-refractivity contribution >= 4 is 5.91 Å². The van der Waals surface area contributed by atoms with E-state index in [1.165, 1.54) is 19.3 Å². The molecule has 2 fully saturated rings. The van der Waals surface area contributed by atoms with E-state index < -0.39 is 0 Å². The van der Waals surface area contributed by atoms with Crippen molar-refractivity contribution in [1.29, 1.82) is 0 Å². The molecule has 1 N–H and O–H groups in total. The Morgan fingerprint density at radius 3 is 3.00 bits per heavy atom. The predicted molar refractivity (Wildman–Crippen MR) is 70.9 cm³/mol. The van der Waals surface area contributed by atoms with Crippen molar-refractivity contribution in [2.75, 3.05) is 13.1 Å². The summed E-state index contributed by atoms with van der Waals surface area (Å²) in [7, 11) is 0. The first kappa shape index (κ1) is 12.7. The van der Waals surface area contributed by atoms with E-state index in [1.54, 1.807) is 6.07 Å². The normalized spacial score (nSPS) is 27.7. The van der Waals surface area contributed by atoms with Gasteiger partial charge in [0.05, 0.1) is 0 Å². The summed E-state index contributed by atoms with van der Waals surface area (Å²) in [4.78, 5) is 14.6. The summed E-state index contributed by atoms with van der Waals surface area (Å²) < 4.78 is 5.02. The minimum Gasteiger partial charge on any atom is -0.361 e. The molecule has 2 saturated heterocycles. The van der Waals surface area contributed by atoms with Crippen LogP contribution in [0.1, 0.15) is 48.4 Å². The minimum absolute atomic E-state index is 0.0234. The number of likely N-dealkylation sites (tertiary alicyclic amines) is 1. The van der Waals surface area contributed by atoms with Gasteiger partial charge in [0.25, 0.3) is 5.91 Å². The average Bonchev–Trinajstić information content (AvgIpc) is 3.09. The average molecular weight is 263 g/mol. The van der Waals surface area contributed by atoms with E-state index in [2.05, 4.69) is 10.5 Å². The smallest absolute Gasteiger partial charge is 0.276 e. The first-order valence-corrected chi connectivity index (χ1v) is 7.23. The highest BCUT2D eigenvalue weighted by molar-refractivity contribution is 5.92. The van der Waals surface area contributed by atoms with Gasteiger partial charge >= 0.3 is 0 Å². The molecular formula is C14H21N3O2. The molecule has 1 aromatic rings. The Morgan fingerprint density at radius 2 is 2.32 bits per heavy atom. The van der Waals surface area contributed by atoms with Gasteiger partial charge in [-0.1, -0.05) is 5.16 Å². The van der Waals surface area contributed by atoms with Gasteiger partial charge in [0.15, 0.2) is 5.69 Å². The van der Waals surface area contributed by atoms with Gasteiger partial charge < -0.3 is 14.7 Å². The van der Waals surface area contributed by atoms with Gasteiger partial charge in [-0.05, 0) is 45.6 Å². The Kier molecular flexibility index (Phi) is 3.55. The lowest BCUT2D eigenvalue weighted by Gasteiger charge is -2.38. The molecule has 2 unspecified atom stereocenters. The van der Waals surface area contributed by atoms with Crippen LogP contribution in [0.25, 0.3) is 0 Å². The predicted octanol–water partition coefficient (Wildman–Crippen LogP) is 1.73. The number of carbonyl (C=O) groups excluding carboxylic acids is 1. The van der Waals surface area contributed by atoms with E-state index >= 15 is 0 Å². The SMILES string of the molecule is Cc1cc(C(=O)N2CCCCC2C2CCCN2)no1. The lowest BCUT2D eigenvalue weighted by Crippen LogP contribution is -2.52. The molecule has 0 radical (unpaired) electrons. The van der Waals surface area contributed by atoms with Crippen LogP contribution in [0.3, 0.4) is 0 Å². The second-order valence-electron chi connectivity index (χ2n) is 5.59. The Bertz CT molecular complexity index is 451. The van der Waals surface area contributed by atoms with Crippen molar-refractivity contribution < 1.29 is 9.32 Å². The standard InChI is InChI=1S/C14H21N3O2/c1-10-9-12(16-19-10)14(18)17-8-3-2-6-13(17)11-5-4-7-15-11/h9,11,13,15H,2-8H2,1H3. The van der Waals surface area contributed by atoms with Crippen molar-refractivity contribution in [2.24, 2.45) is 0 Å². The molecule has 5 nitrogen and oxygen atoms in total. The van der Waals surface area contributed by atoms with Crippen LogP contribution in [0.5, 0.6) is 0 Å². The maximum Gasteiger partial charge on any atom is 0.276 e. The van der Waals surface area contributed by atoms with Gasteiger partial charge in [0.1, 0.15) is 5.76 Å². The molecule has 0 saturated carbocycles. The number of aromatic nitrogens is 1. The highest BCUT2D eigenvalue weighted by atomic mass is 16.5. The third-order valence-corrected chi connectivity index (χ3v) is 4.22. The first-order valence-electron chi connectivity index (χ1n) is 7.23.